The number of furan rings is 3. The van der Waals surface area contributed by atoms with Crippen LogP contribution < -0.4 is 0 Å². The van der Waals surface area contributed by atoms with Crippen molar-refractivity contribution in [1.82, 2.24) is 0 Å². The van der Waals surface area contributed by atoms with Crippen LogP contribution in [0.2, 0.25) is 0 Å². The Morgan fingerprint density at radius 1 is 0.0884 bits per heavy atom. The van der Waals surface area contributed by atoms with Crippen molar-refractivity contribution in [2.24, 2.45) is 0 Å². The molecule has 3 aromatic heterocycles. The fraction of sp³-hybridized carbons (Fsp3) is 0. The van der Waals surface area contributed by atoms with E-state index in [0.717, 1.165) is 71.4 Å². The van der Waals surface area contributed by atoms with Crippen molar-refractivity contribution in [1.29, 1.82) is 0 Å². The number of benzene rings is 27. The Hall–Kier alpha value is -19.3. The van der Waals surface area contributed by atoms with E-state index in [1.165, 1.54) is 225 Å². The first-order chi connectivity index (χ1) is 72.9. The Labute approximate surface area is 849 Å². The quantitative estimate of drug-likeness (QED) is 0.114. The molecule has 0 saturated carbocycles. The summed E-state index contributed by atoms with van der Waals surface area (Å²) in [5, 5.41) is 29.4. The second-order valence-corrected chi connectivity index (χ2v) is 38.5. The van der Waals surface area contributed by atoms with Gasteiger partial charge in [0.25, 0.3) is 0 Å². The van der Waals surface area contributed by atoms with Crippen molar-refractivity contribution in [3.63, 3.8) is 0 Å². The van der Waals surface area contributed by atoms with E-state index in [9.17, 15) is 0 Å². The van der Waals surface area contributed by atoms with Gasteiger partial charge in [0.05, 0.1) is 0 Å². The standard InChI is InChI=1S/3C48H30O/c1-2-12-31(13-3-1)34-25-24-32-14-11-22-42(43(32)29-34)48-40-20-6-4-18-38(40)47(39-19-5-7-21-41(39)48)36-16-10-15-33(28-36)35-26-27-46-44(30-35)37-17-8-9-23-45(37)49-46;1-2-11-31(12-3-1)35-26-23-33-13-10-19-43(44(33)29-35)48-41-17-6-4-15-39(41)47(40-16-5-7-18-42(40)48)34-24-21-32(22-25-34)36-27-28-38-37-14-8-9-20-45(37)49-46(38)30-36;1-2-13-31(14-3-1)33-26-25-32-15-12-23-42(43(32)29-33)48-40-21-8-6-19-38(40)47(39-20-7-9-22-41(39)48)37-18-5-4-16-35(37)34-27-28-46-44(30-34)36-17-10-11-24-45(36)49-46/h3*1-30H. The summed E-state index contributed by atoms with van der Waals surface area (Å²) in [6, 6.07) is 198. The molecule has 30 aromatic rings. The lowest BCUT2D eigenvalue weighted by atomic mass is 9.82. The molecule has 0 aliphatic rings. The van der Waals surface area contributed by atoms with Gasteiger partial charge in [-0.1, -0.05) is 467 Å². The summed E-state index contributed by atoms with van der Waals surface area (Å²) in [6.07, 6.45) is 0. The summed E-state index contributed by atoms with van der Waals surface area (Å²) in [5.74, 6) is 0. The van der Waals surface area contributed by atoms with Crippen molar-refractivity contribution in [2.45, 2.75) is 0 Å². The van der Waals surface area contributed by atoms with E-state index < -0.39 is 0 Å². The van der Waals surface area contributed by atoms with E-state index in [0.29, 0.717) is 0 Å². The van der Waals surface area contributed by atoms with Crippen LogP contribution in [-0.4, -0.2) is 0 Å². The molecule has 0 unspecified atom stereocenters. The highest BCUT2D eigenvalue weighted by Crippen LogP contribution is 2.53. The van der Waals surface area contributed by atoms with Crippen LogP contribution in [0, 0.1) is 0 Å². The van der Waals surface area contributed by atoms with E-state index in [2.05, 4.69) is 510 Å². The summed E-state index contributed by atoms with van der Waals surface area (Å²) in [4.78, 5) is 0. The topological polar surface area (TPSA) is 39.4 Å². The first-order valence-electron chi connectivity index (χ1n) is 50.5. The van der Waals surface area contributed by atoms with Crippen molar-refractivity contribution in [3.05, 3.63) is 546 Å². The largest absolute Gasteiger partial charge is 0.456 e. The first-order valence-corrected chi connectivity index (χ1v) is 50.5. The third kappa shape index (κ3) is 15.0. The SMILES string of the molecule is c1ccc(-c2ccc3cccc(-c4c5ccccc5c(-c5ccc(-c6ccc7c(c6)oc6ccccc67)cc5)c5ccccc45)c3c2)cc1.c1ccc(-c2ccc3cccc(-c4c5ccccc5c(-c5cccc(-c6ccc7oc8ccccc8c7c6)c5)c5ccccc45)c3c2)cc1.c1ccc(-c2ccc3cccc(-c4c5ccccc5c(-c5ccccc5-c5ccc6oc7ccccc7c6c5)c5ccccc45)c3c2)cc1. The maximum Gasteiger partial charge on any atom is 0.136 e. The highest BCUT2D eigenvalue weighted by Gasteiger charge is 2.26. The highest BCUT2D eigenvalue weighted by molar-refractivity contribution is 6.28. The minimum absolute atomic E-state index is 0.910. The fourth-order valence-corrected chi connectivity index (χ4v) is 23.4. The Balaban J connectivity index is 0.000000107. The van der Waals surface area contributed by atoms with Crippen LogP contribution in [0.1, 0.15) is 0 Å². The van der Waals surface area contributed by atoms with Crippen molar-refractivity contribution < 1.29 is 13.3 Å². The van der Waals surface area contributed by atoms with Crippen molar-refractivity contribution in [2.75, 3.05) is 0 Å². The lowest BCUT2D eigenvalue weighted by Gasteiger charge is -2.20. The number of hydrogen-bond acceptors (Lipinski definition) is 3. The monoisotopic (exact) mass is 1870 g/mol. The zero-order valence-electron chi connectivity index (χ0n) is 80.2. The molecule has 0 bridgehead atoms. The molecule has 0 spiro atoms. The Bertz CT molecular complexity index is 10300. The molecule has 0 aliphatic carbocycles. The number of para-hydroxylation sites is 3. The van der Waals surface area contributed by atoms with Gasteiger partial charge >= 0.3 is 0 Å². The minimum Gasteiger partial charge on any atom is -0.456 e. The van der Waals surface area contributed by atoms with Crippen LogP contribution in [0.5, 0.6) is 0 Å². The molecule has 0 fully saturated rings. The van der Waals surface area contributed by atoms with Gasteiger partial charge in [0.2, 0.25) is 0 Å². The molecule has 0 aliphatic heterocycles. The predicted molar refractivity (Wildman–Crippen MR) is 624 cm³/mol. The average molecular weight is 1870 g/mol. The van der Waals surface area contributed by atoms with Gasteiger partial charge in [-0.25, -0.2) is 0 Å². The molecule has 3 heteroatoms. The molecule has 0 saturated heterocycles. The number of hydrogen-bond donors (Lipinski definition) is 0. The van der Waals surface area contributed by atoms with Crippen LogP contribution >= 0.6 is 0 Å². The molecule has 0 amide bonds. The molecule has 0 N–H and O–H groups in total. The Morgan fingerprint density at radius 2 is 0.313 bits per heavy atom. The van der Waals surface area contributed by atoms with Crippen LogP contribution in [0.3, 0.4) is 0 Å². The fourth-order valence-electron chi connectivity index (χ4n) is 23.4. The molecule has 27 aromatic carbocycles. The predicted octanol–water partition coefficient (Wildman–Crippen LogP) is 41.1. The number of rotatable bonds is 12. The van der Waals surface area contributed by atoms with Crippen LogP contribution in [0.25, 0.3) is 296 Å². The van der Waals surface area contributed by atoms with Gasteiger partial charge in [-0.2, -0.15) is 0 Å². The van der Waals surface area contributed by atoms with Crippen molar-refractivity contribution in [3.8, 4) is 134 Å². The summed E-state index contributed by atoms with van der Waals surface area (Å²) >= 11 is 0. The average Bonchev–Trinajstić information content (AvgIpc) is 1.62. The van der Waals surface area contributed by atoms with Crippen LogP contribution in [-0.2, 0) is 0 Å². The molecule has 3 heterocycles. The molecule has 0 atom stereocenters. The normalized spacial score (nSPS) is 11.7. The van der Waals surface area contributed by atoms with E-state index in [-0.39, 0.29) is 0 Å². The summed E-state index contributed by atoms with van der Waals surface area (Å²) in [7, 11) is 0. The maximum absolute atomic E-state index is 6.21. The summed E-state index contributed by atoms with van der Waals surface area (Å²) in [5.41, 5.74) is 34.9. The zero-order chi connectivity index (χ0) is 96.9. The molecule has 0 radical (unpaired) electrons. The van der Waals surface area contributed by atoms with Crippen molar-refractivity contribution >= 4 is 163 Å². The Kier molecular flexibility index (Phi) is 21.0. The van der Waals surface area contributed by atoms with Crippen LogP contribution in [0.15, 0.2) is 559 Å². The van der Waals surface area contributed by atoms with Crippen LogP contribution in [0.4, 0.5) is 0 Å². The smallest absolute Gasteiger partial charge is 0.136 e. The first kappa shape index (κ1) is 85.6. The van der Waals surface area contributed by atoms with Gasteiger partial charge in [-0.05, 0) is 309 Å². The lowest BCUT2D eigenvalue weighted by Crippen LogP contribution is -1.93. The van der Waals surface area contributed by atoms with Gasteiger partial charge in [-0.3, -0.25) is 0 Å². The Morgan fingerprint density at radius 3 is 0.721 bits per heavy atom. The van der Waals surface area contributed by atoms with Gasteiger partial charge in [0.1, 0.15) is 33.5 Å². The van der Waals surface area contributed by atoms with Gasteiger partial charge in [0, 0.05) is 32.3 Å². The molecular weight excluding hydrogens is 1780 g/mol. The number of fused-ring (bicyclic) bond motifs is 18. The maximum atomic E-state index is 6.21. The van der Waals surface area contributed by atoms with E-state index in [4.69, 9.17) is 13.3 Å². The summed E-state index contributed by atoms with van der Waals surface area (Å²) in [6.45, 7) is 0. The van der Waals surface area contributed by atoms with Gasteiger partial charge < -0.3 is 13.3 Å². The van der Waals surface area contributed by atoms with E-state index in [1.54, 1.807) is 0 Å². The second-order valence-electron chi connectivity index (χ2n) is 38.5. The lowest BCUT2D eigenvalue weighted by molar-refractivity contribution is 0.668. The summed E-state index contributed by atoms with van der Waals surface area (Å²) < 4.78 is 18.5. The van der Waals surface area contributed by atoms with E-state index >= 15 is 0 Å². The highest BCUT2D eigenvalue weighted by atomic mass is 16.3. The third-order valence-corrected chi connectivity index (χ3v) is 30.2. The minimum atomic E-state index is 0.910. The molecule has 684 valence electrons. The zero-order valence-corrected chi connectivity index (χ0v) is 80.2. The van der Waals surface area contributed by atoms with E-state index in [1.807, 2.05) is 36.4 Å². The second kappa shape index (κ2) is 36.0. The molecule has 147 heavy (non-hydrogen) atoms. The molecule has 3 nitrogen and oxygen atoms in total. The molecular formula is C144H90O3. The molecule has 30 rings (SSSR count). The van der Waals surface area contributed by atoms with Gasteiger partial charge in [0.15, 0.2) is 0 Å². The third-order valence-electron chi connectivity index (χ3n) is 30.2. The van der Waals surface area contributed by atoms with Gasteiger partial charge in [-0.15, -0.1) is 0 Å².